The summed E-state index contributed by atoms with van der Waals surface area (Å²) in [7, 11) is 1.61. The van der Waals surface area contributed by atoms with Crippen molar-refractivity contribution in [1.82, 2.24) is 5.32 Å². The monoisotopic (exact) mass is 263 g/mol. The first-order valence-corrected chi connectivity index (χ1v) is 6.64. The minimum Gasteiger partial charge on any atom is -0.399 e. The predicted molar refractivity (Wildman–Crippen MR) is 76.1 cm³/mol. The Morgan fingerprint density at radius 1 is 1.47 bits per heavy atom. The van der Waals surface area contributed by atoms with Crippen molar-refractivity contribution in [3.8, 4) is 0 Å². The van der Waals surface area contributed by atoms with Gasteiger partial charge in [-0.05, 0) is 31.0 Å². The molecule has 0 saturated heterocycles. The van der Waals surface area contributed by atoms with E-state index in [0.29, 0.717) is 11.3 Å². The number of nitrogens with one attached hydrogen (secondary N) is 2. The highest BCUT2D eigenvalue weighted by Gasteiger charge is 2.27. The summed E-state index contributed by atoms with van der Waals surface area (Å²) in [6.45, 7) is 0.176. The Kier molecular flexibility index (Phi) is 4.27. The van der Waals surface area contributed by atoms with E-state index in [4.69, 9.17) is 5.73 Å². The van der Waals surface area contributed by atoms with Gasteiger partial charge in [0.2, 0.25) is 0 Å². The molecule has 0 aromatic heterocycles. The number of carbonyl (C=O) groups is 1. The molecule has 0 spiro atoms. The molecular formula is C14H21N3O2. The van der Waals surface area contributed by atoms with Crippen molar-refractivity contribution in [3.63, 3.8) is 0 Å². The Bertz CT molecular complexity index is 462. The first-order valence-electron chi connectivity index (χ1n) is 6.64. The third kappa shape index (κ3) is 2.98. The van der Waals surface area contributed by atoms with E-state index in [1.807, 2.05) is 0 Å². The minimum absolute atomic E-state index is 0.138. The normalized spacial score (nSPS) is 22.2. The fraction of sp³-hybridized carbons (Fsp3) is 0.500. The average Bonchev–Trinajstić information content (AvgIpc) is 2.85. The predicted octanol–water partition coefficient (Wildman–Crippen LogP) is 1.20. The second-order valence-electron chi connectivity index (χ2n) is 5.01. The highest BCUT2D eigenvalue weighted by molar-refractivity contribution is 6.00. The number of benzene rings is 1. The van der Waals surface area contributed by atoms with Crippen molar-refractivity contribution < 1.29 is 9.90 Å². The number of hydrogen-bond donors (Lipinski definition) is 4. The molecule has 5 heteroatoms. The molecule has 2 atom stereocenters. The second kappa shape index (κ2) is 5.93. The van der Waals surface area contributed by atoms with Crippen LogP contribution in [0.1, 0.15) is 29.6 Å². The van der Waals surface area contributed by atoms with Gasteiger partial charge in [-0.3, -0.25) is 4.79 Å². The van der Waals surface area contributed by atoms with Crippen molar-refractivity contribution in [2.24, 2.45) is 5.92 Å². The maximum atomic E-state index is 11.8. The van der Waals surface area contributed by atoms with E-state index in [1.54, 1.807) is 25.2 Å². The number of aliphatic hydroxyl groups excluding tert-OH is 1. The van der Waals surface area contributed by atoms with Crippen molar-refractivity contribution in [3.05, 3.63) is 23.8 Å². The lowest BCUT2D eigenvalue weighted by Crippen LogP contribution is -2.28. The van der Waals surface area contributed by atoms with Crippen LogP contribution in [-0.2, 0) is 0 Å². The molecule has 2 unspecified atom stereocenters. The summed E-state index contributed by atoms with van der Waals surface area (Å²) in [5, 5.41) is 15.3. The highest BCUT2D eigenvalue weighted by Crippen LogP contribution is 2.30. The van der Waals surface area contributed by atoms with Crippen LogP contribution >= 0.6 is 0 Å². The van der Waals surface area contributed by atoms with Gasteiger partial charge in [-0.15, -0.1) is 0 Å². The molecule has 5 nitrogen and oxygen atoms in total. The lowest BCUT2D eigenvalue weighted by Gasteiger charge is -2.22. The number of aliphatic hydroxyl groups is 1. The summed E-state index contributed by atoms with van der Waals surface area (Å²) in [6, 6.07) is 5.42. The van der Waals surface area contributed by atoms with Gasteiger partial charge in [-0.25, -0.2) is 0 Å². The van der Waals surface area contributed by atoms with Crippen LogP contribution in [0, 0.1) is 5.92 Å². The Hall–Kier alpha value is -1.75. The van der Waals surface area contributed by atoms with Crippen molar-refractivity contribution in [2.75, 3.05) is 24.7 Å². The molecule has 0 bridgehead atoms. The lowest BCUT2D eigenvalue weighted by atomic mass is 10.0. The zero-order valence-corrected chi connectivity index (χ0v) is 11.1. The van der Waals surface area contributed by atoms with Gasteiger partial charge in [0.1, 0.15) is 0 Å². The van der Waals surface area contributed by atoms with Crippen LogP contribution in [0.2, 0.25) is 0 Å². The molecule has 1 amide bonds. The molecule has 1 aromatic carbocycles. The minimum atomic E-state index is -0.138. The maximum Gasteiger partial charge on any atom is 0.253 e. The molecular weight excluding hydrogens is 242 g/mol. The molecule has 19 heavy (non-hydrogen) atoms. The first kappa shape index (κ1) is 13.7. The summed E-state index contributed by atoms with van der Waals surface area (Å²) in [6.07, 6.45) is 3.12. The van der Waals surface area contributed by atoms with Gasteiger partial charge < -0.3 is 21.5 Å². The molecule has 5 N–H and O–H groups in total. The fourth-order valence-electron chi connectivity index (χ4n) is 2.66. The van der Waals surface area contributed by atoms with Crippen molar-refractivity contribution in [2.45, 2.75) is 25.3 Å². The van der Waals surface area contributed by atoms with Crippen LogP contribution < -0.4 is 16.4 Å². The van der Waals surface area contributed by atoms with E-state index >= 15 is 0 Å². The lowest BCUT2D eigenvalue weighted by molar-refractivity contribution is 0.0964. The van der Waals surface area contributed by atoms with Crippen LogP contribution in [-0.4, -0.2) is 30.7 Å². The summed E-state index contributed by atoms with van der Waals surface area (Å²) in [4.78, 5) is 11.8. The Balaban J connectivity index is 2.23. The van der Waals surface area contributed by atoms with Gasteiger partial charge in [0.05, 0.1) is 5.56 Å². The van der Waals surface area contributed by atoms with Gasteiger partial charge in [-0.2, -0.15) is 0 Å². The van der Waals surface area contributed by atoms with Gasteiger partial charge >= 0.3 is 0 Å². The molecule has 0 aliphatic heterocycles. The third-order valence-corrected chi connectivity index (χ3v) is 3.75. The first-order chi connectivity index (χ1) is 9.15. The van der Waals surface area contributed by atoms with Gasteiger partial charge in [0, 0.05) is 37.0 Å². The zero-order valence-electron chi connectivity index (χ0n) is 11.1. The number of nitrogens with two attached hydrogens (primary N) is 1. The van der Waals surface area contributed by atoms with Crippen LogP contribution in [0.4, 0.5) is 11.4 Å². The Morgan fingerprint density at radius 3 is 2.95 bits per heavy atom. The van der Waals surface area contributed by atoms with Crippen molar-refractivity contribution in [1.29, 1.82) is 0 Å². The van der Waals surface area contributed by atoms with Crippen LogP contribution in [0.3, 0.4) is 0 Å². The molecule has 1 aromatic rings. The van der Waals surface area contributed by atoms with Crippen LogP contribution in [0.5, 0.6) is 0 Å². The van der Waals surface area contributed by atoms with Crippen molar-refractivity contribution >= 4 is 17.3 Å². The number of anilines is 2. The van der Waals surface area contributed by atoms with Crippen LogP contribution in [0.15, 0.2) is 18.2 Å². The average molecular weight is 263 g/mol. The smallest absolute Gasteiger partial charge is 0.253 e. The van der Waals surface area contributed by atoms with E-state index in [1.165, 1.54) is 0 Å². The summed E-state index contributed by atoms with van der Waals surface area (Å²) in [5.74, 6) is 0.111. The second-order valence-corrected chi connectivity index (χ2v) is 5.01. The molecule has 1 aliphatic rings. The molecule has 2 rings (SSSR count). The fourth-order valence-corrected chi connectivity index (χ4v) is 2.66. The topological polar surface area (TPSA) is 87.4 Å². The Labute approximate surface area is 113 Å². The zero-order chi connectivity index (χ0) is 13.8. The summed E-state index contributed by atoms with van der Waals surface area (Å²) >= 11 is 0. The van der Waals surface area contributed by atoms with E-state index in [2.05, 4.69) is 10.6 Å². The molecule has 0 radical (unpaired) electrons. The standard InChI is InChI=1S/C14H21N3O2/c1-16-14(19)11-6-5-10(15)7-13(11)17-12-4-2-3-9(12)8-18/h5-7,9,12,17-18H,2-4,8,15H2,1H3,(H,16,19). The quantitative estimate of drug-likeness (QED) is 0.615. The molecule has 1 fully saturated rings. The van der Waals surface area contributed by atoms with Gasteiger partial charge in [0.25, 0.3) is 5.91 Å². The maximum absolute atomic E-state index is 11.8. The van der Waals surface area contributed by atoms with E-state index in [-0.39, 0.29) is 24.5 Å². The van der Waals surface area contributed by atoms with E-state index < -0.39 is 0 Å². The number of amides is 1. The highest BCUT2D eigenvalue weighted by atomic mass is 16.3. The third-order valence-electron chi connectivity index (χ3n) is 3.75. The number of nitrogen functional groups attached to an aromatic ring is 1. The SMILES string of the molecule is CNC(=O)c1ccc(N)cc1NC1CCCC1CO. The number of rotatable bonds is 4. The molecule has 1 saturated carbocycles. The summed E-state index contributed by atoms with van der Waals surface area (Å²) < 4.78 is 0. The number of hydrogen-bond acceptors (Lipinski definition) is 4. The summed E-state index contributed by atoms with van der Waals surface area (Å²) in [5.41, 5.74) is 7.73. The van der Waals surface area contributed by atoms with E-state index in [9.17, 15) is 9.90 Å². The van der Waals surface area contributed by atoms with Crippen LogP contribution in [0.25, 0.3) is 0 Å². The van der Waals surface area contributed by atoms with E-state index in [0.717, 1.165) is 24.9 Å². The molecule has 1 aliphatic carbocycles. The van der Waals surface area contributed by atoms with Gasteiger partial charge in [0.15, 0.2) is 0 Å². The van der Waals surface area contributed by atoms with Gasteiger partial charge in [-0.1, -0.05) is 6.42 Å². The number of carbonyl (C=O) groups excluding carboxylic acids is 1. The Morgan fingerprint density at radius 2 is 2.26 bits per heavy atom. The molecule has 0 heterocycles. The largest absolute Gasteiger partial charge is 0.399 e. The molecule has 104 valence electrons.